The summed E-state index contributed by atoms with van der Waals surface area (Å²) in [7, 11) is 0. The van der Waals surface area contributed by atoms with E-state index in [-0.39, 0.29) is 0 Å². The third-order valence-electron chi connectivity index (χ3n) is 3.68. The Bertz CT molecular complexity index is 747. The first-order valence-electron chi connectivity index (χ1n) is 7.71. The van der Waals surface area contributed by atoms with Gasteiger partial charge in [0, 0.05) is 10.9 Å². The molecule has 0 atom stereocenters. The van der Waals surface area contributed by atoms with Crippen LogP contribution in [0, 0.1) is 6.92 Å². The van der Waals surface area contributed by atoms with Crippen LogP contribution in [-0.4, -0.2) is 15.7 Å². The maximum absolute atomic E-state index is 4.54. The summed E-state index contributed by atoms with van der Waals surface area (Å²) >= 11 is 3.57. The van der Waals surface area contributed by atoms with Crippen molar-refractivity contribution in [2.45, 2.75) is 38.1 Å². The van der Waals surface area contributed by atoms with Crippen LogP contribution >= 0.6 is 23.1 Å². The molecule has 0 saturated heterocycles. The molecule has 1 aromatic carbocycles. The number of benzene rings is 1. The molecule has 0 radical (unpaired) electrons. The lowest BCUT2D eigenvalue weighted by atomic mass is 10.1. The van der Waals surface area contributed by atoms with E-state index in [9.17, 15) is 0 Å². The van der Waals surface area contributed by atoms with Gasteiger partial charge >= 0.3 is 0 Å². The van der Waals surface area contributed by atoms with Crippen molar-refractivity contribution in [1.29, 1.82) is 0 Å². The monoisotopic (exact) mass is 328 g/mol. The van der Waals surface area contributed by atoms with Crippen LogP contribution in [0.5, 0.6) is 0 Å². The van der Waals surface area contributed by atoms with Gasteiger partial charge in [-0.1, -0.05) is 49.6 Å². The van der Waals surface area contributed by atoms with Crippen LogP contribution in [0.4, 0.5) is 0 Å². The number of nitrogens with zero attached hydrogens (tertiary/aromatic N) is 2. The molecule has 0 amide bonds. The fourth-order valence-corrected chi connectivity index (χ4v) is 4.42. The van der Waals surface area contributed by atoms with E-state index >= 15 is 0 Å². The van der Waals surface area contributed by atoms with Gasteiger partial charge in [0.15, 0.2) is 0 Å². The molecular formula is C18H20N2S2. The highest BCUT2D eigenvalue weighted by molar-refractivity contribution is 7.99. The Balaban J connectivity index is 1.95. The van der Waals surface area contributed by atoms with Gasteiger partial charge < -0.3 is 0 Å². The van der Waals surface area contributed by atoms with Gasteiger partial charge in [0.25, 0.3) is 0 Å². The quantitative estimate of drug-likeness (QED) is 0.318. The van der Waals surface area contributed by atoms with Gasteiger partial charge in [0.1, 0.15) is 16.2 Å². The number of hydrogen-bond acceptors (Lipinski definition) is 4. The van der Waals surface area contributed by atoms with Crippen LogP contribution < -0.4 is 0 Å². The smallest absolute Gasteiger partial charge is 0.128 e. The third kappa shape index (κ3) is 3.33. The molecule has 0 bridgehead atoms. The minimum absolute atomic E-state index is 1.09. The molecule has 0 N–H and O–H groups in total. The first kappa shape index (κ1) is 15.5. The molecule has 3 rings (SSSR count). The molecule has 0 aliphatic carbocycles. The summed E-state index contributed by atoms with van der Waals surface area (Å²) < 4.78 is 0. The highest BCUT2D eigenvalue weighted by Gasteiger charge is 2.13. The average Bonchev–Trinajstić information content (AvgIpc) is 2.97. The van der Waals surface area contributed by atoms with Gasteiger partial charge in [-0.3, -0.25) is 0 Å². The van der Waals surface area contributed by atoms with Crippen molar-refractivity contribution < 1.29 is 0 Å². The summed E-state index contributed by atoms with van der Waals surface area (Å²) in [6.45, 7) is 4.36. The molecule has 2 aromatic heterocycles. The van der Waals surface area contributed by atoms with E-state index in [1.165, 1.54) is 41.3 Å². The topological polar surface area (TPSA) is 25.8 Å². The van der Waals surface area contributed by atoms with E-state index in [2.05, 4.69) is 53.5 Å². The Hall–Kier alpha value is -1.39. The lowest BCUT2D eigenvalue weighted by molar-refractivity contribution is 0.778. The van der Waals surface area contributed by atoms with Gasteiger partial charge in [-0.15, -0.1) is 23.1 Å². The van der Waals surface area contributed by atoms with Crippen LogP contribution in [-0.2, 0) is 0 Å². The largest absolute Gasteiger partial charge is 0.229 e. The summed E-state index contributed by atoms with van der Waals surface area (Å²) in [4.78, 5) is 10.1. The molecule has 3 aromatic rings. The Morgan fingerprint density at radius 2 is 1.91 bits per heavy atom. The summed E-state index contributed by atoms with van der Waals surface area (Å²) in [6, 6.07) is 8.71. The average molecular weight is 329 g/mol. The molecular weight excluding hydrogens is 308 g/mol. The molecule has 0 spiro atoms. The van der Waals surface area contributed by atoms with Crippen LogP contribution in [0.25, 0.3) is 21.3 Å². The number of thioether (sulfide) groups is 1. The number of fused-ring (bicyclic) bond motifs is 1. The maximum atomic E-state index is 4.54. The zero-order valence-corrected chi connectivity index (χ0v) is 14.6. The lowest BCUT2D eigenvalue weighted by Crippen LogP contribution is -1.88. The van der Waals surface area contributed by atoms with E-state index in [1.54, 1.807) is 17.7 Å². The van der Waals surface area contributed by atoms with E-state index in [1.807, 2.05) is 11.8 Å². The van der Waals surface area contributed by atoms with E-state index < -0.39 is 0 Å². The van der Waals surface area contributed by atoms with Crippen molar-refractivity contribution in [3.8, 4) is 11.1 Å². The maximum Gasteiger partial charge on any atom is 0.128 e. The van der Waals surface area contributed by atoms with Gasteiger partial charge in [0.05, 0.1) is 5.39 Å². The second-order valence-corrected chi connectivity index (χ2v) is 7.37. The highest BCUT2D eigenvalue weighted by atomic mass is 32.2. The molecule has 0 fully saturated rings. The van der Waals surface area contributed by atoms with E-state index in [0.717, 1.165) is 15.6 Å². The van der Waals surface area contributed by atoms with Gasteiger partial charge in [-0.05, 0) is 24.7 Å². The second-order valence-electron chi connectivity index (χ2n) is 5.43. The minimum atomic E-state index is 1.09. The van der Waals surface area contributed by atoms with Crippen molar-refractivity contribution in [2.75, 3.05) is 5.75 Å². The normalized spacial score (nSPS) is 11.2. The van der Waals surface area contributed by atoms with Crippen molar-refractivity contribution >= 4 is 33.3 Å². The Morgan fingerprint density at radius 1 is 1.09 bits per heavy atom. The van der Waals surface area contributed by atoms with Crippen LogP contribution in [0.1, 0.15) is 31.7 Å². The molecule has 2 heterocycles. The molecule has 2 nitrogen and oxygen atoms in total. The van der Waals surface area contributed by atoms with Crippen molar-refractivity contribution in [3.05, 3.63) is 41.5 Å². The summed E-state index contributed by atoms with van der Waals surface area (Å²) in [5, 5.41) is 4.55. The van der Waals surface area contributed by atoms with Crippen LogP contribution in [0.2, 0.25) is 0 Å². The SMILES string of the molecule is CCCCCSc1ncnc2scc(-c3ccc(C)cc3)c12. The number of aryl methyl sites for hydroxylation is 1. The number of hydrogen-bond donors (Lipinski definition) is 0. The van der Waals surface area contributed by atoms with Crippen molar-refractivity contribution in [1.82, 2.24) is 9.97 Å². The number of aromatic nitrogens is 2. The molecule has 0 aliphatic rings. The number of unbranched alkanes of at least 4 members (excludes halogenated alkanes) is 2. The standard InChI is InChI=1S/C18H20N2S2/c1-3-4-5-10-21-17-16-15(11-22-18(16)20-12-19-17)14-8-6-13(2)7-9-14/h6-9,11-12H,3-5,10H2,1-2H3. The highest BCUT2D eigenvalue weighted by Crippen LogP contribution is 2.38. The lowest BCUT2D eigenvalue weighted by Gasteiger charge is -2.05. The Morgan fingerprint density at radius 3 is 2.68 bits per heavy atom. The number of rotatable bonds is 6. The van der Waals surface area contributed by atoms with E-state index in [0.29, 0.717) is 0 Å². The van der Waals surface area contributed by atoms with Crippen LogP contribution in [0.3, 0.4) is 0 Å². The predicted octanol–water partition coefficient (Wildman–Crippen LogP) is 5.95. The minimum Gasteiger partial charge on any atom is -0.229 e. The van der Waals surface area contributed by atoms with Crippen molar-refractivity contribution in [2.24, 2.45) is 0 Å². The van der Waals surface area contributed by atoms with Gasteiger partial charge in [0.2, 0.25) is 0 Å². The van der Waals surface area contributed by atoms with Gasteiger partial charge in [-0.25, -0.2) is 9.97 Å². The zero-order chi connectivity index (χ0) is 15.4. The molecule has 22 heavy (non-hydrogen) atoms. The summed E-state index contributed by atoms with van der Waals surface area (Å²) in [5.41, 5.74) is 3.80. The summed E-state index contributed by atoms with van der Waals surface area (Å²) in [5.74, 6) is 1.13. The molecule has 4 heteroatoms. The Labute approximate surface area is 140 Å². The molecule has 0 aliphatic heterocycles. The molecule has 0 saturated carbocycles. The Kier molecular flexibility index (Phi) is 5.11. The van der Waals surface area contributed by atoms with Crippen molar-refractivity contribution in [3.63, 3.8) is 0 Å². The van der Waals surface area contributed by atoms with Crippen LogP contribution in [0.15, 0.2) is 41.0 Å². The fourth-order valence-electron chi connectivity index (χ4n) is 2.42. The number of thiophene rings is 1. The summed E-state index contributed by atoms with van der Waals surface area (Å²) in [6.07, 6.45) is 5.49. The first-order valence-corrected chi connectivity index (χ1v) is 9.58. The van der Waals surface area contributed by atoms with E-state index in [4.69, 9.17) is 0 Å². The molecule has 114 valence electrons. The molecule has 0 unspecified atom stereocenters. The third-order valence-corrected chi connectivity index (χ3v) is 5.65. The zero-order valence-electron chi connectivity index (χ0n) is 13.0. The fraction of sp³-hybridized carbons (Fsp3) is 0.333. The first-order chi connectivity index (χ1) is 10.8. The van der Waals surface area contributed by atoms with Gasteiger partial charge in [-0.2, -0.15) is 0 Å². The second kappa shape index (κ2) is 7.25. The predicted molar refractivity (Wildman–Crippen MR) is 97.8 cm³/mol.